The maximum atomic E-state index is 12.1. The van der Waals surface area contributed by atoms with Gasteiger partial charge in [-0.1, -0.05) is 0 Å². The summed E-state index contributed by atoms with van der Waals surface area (Å²) in [5, 5.41) is 12.0. The molecule has 1 aliphatic carbocycles. The van der Waals surface area contributed by atoms with Crippen molar-refractivity contribution in [2.75, 3.05) is 13.2 Å². The highest BCUT2D eigenvalue weighted by Crippen LogP contribution is 2.32. The van der Waals surface area contributed by atoms with E-state index in [0.29, 0.717) is 32.5 Å². The van der Waals surface area contributed by atoms with Gasteiger partial charge in [0.2, 0.25) is 5.91 Å². The number of carbonyl (C=O) groups is 2. The molecule has 2 fully saturated rings. The van der Waals surface area contributed by atoms with Crippen LogP contribution in [0.15, 0.2) is 0 Å². The number of carboxylic acids is 1. The van der Waals surface area contributed by atoms with Crippen LogP contribution in [0.2, 0.25) is 0 Å². The second kappa shape index (κ2) is 5.26. The number of aliphatic carboxylic acids is 1. The zero-order valence-corrected chi connectivity index (χ0v) is 10.8. The fourth-order valence-corrected chi connectivity index (χ4v) is 2.79. The first-order valence-corrected chi connectivity index (χ1v) is 6.63. The minimum absolute atomic E-state index is 0.0168. The molecule has 1 amide bonds. The highest BCUT2D eigenvalue weighted by atomic mass is 16.5. The third-order valence-corrected chi connectivity index (χ3v) is 4.17. The molecule has 2 rings (SSSR count). The lowest BCUT2D eigenvalue weighted by Crippen LogP contribution is -2.51. The third-order valence-electron chi connectivity index (χ3n) is 4.17. The first-order valence-electron chi connectivity index (χ1n) is 6.63. The van der Waals surface area contributed by atoms with Gasteiger partial charge in [-0.2, -0.15) is 0 Å². The quantitative estimate of drug-likeness (QED) is 0.794. The molecule has 2 atom stereocenters. The first-order chi connectivity index (χ1) is 8.50. The molecule has 5 nitrogen and oxygen atoms in total. The maximum Gasteiger partial charge on any atom is 0.306 e. The lowest BCUT2D eigenvalue weighted by molar-refractivity contribution is -0.141. The molecular formula is C13H21NO4. The van der Waals surface area contributed by atoms with Gasteiger partial charge in [0, 0.05) is 24.7 Å². The molecule has 1 saturated heterocycles. The van der Waals surface area contributed by atoms with Crippen LogP contribution in [-0.2, 0) is 14.3 Å². The topological polar surface area (TPSA) is 75.6 Å². The second-order valence-electron chi connectivity index (χ2n) is 5.71. The summed E-state index contributed by atoms with van der Waals surface area (Å²) in [6.07, 6.45) is 3.44. The average Bonchev–Trinajstić information content (AvgIpc) is 2.78. The summed E-state index contributed by atoms with van der Waals surface area (Å²) >= 11 is 0. The van der Waals surface area contributed by atoms with E-state index in [2.05, 4.69) is 5.32 Å². The van der Waals surface area contributed by atoms with Gasteiger partial charge >= 0.3 is 5.97 Å². The monoisotopic (exact) mass is 255 g/mol. The van der Waals surface area contributed by atoms with Gasteiger partial charge in [-0.25, -0.2) is 0 Å². The van der Waals surface area contributed by atoms with Gasteiger partial charge in [0.15, 0.2) is 0 Å². The Labute approximate surface area is 107 Å². The molecule has 5 heteroatoms. The predicted octanol–water partition coefficient (Wildman–Crippen LogP) is 1.17. The Hall–Kier alpha value is -1.10. The fraction of sp³-hybridized carbons (Fsp3) is 0.846. The molecule has 0 aromatic heterocycles. The normalized spacial score (nSPS) is 30.9. The molecule has 0 radical (unpaired) electrons. The van der Waals surface area contributed by atoms with Crippen molar-refractivity contribution in [1.29, 1.82) is 0 Å². The van der Waals surface area contributed by atoms with Gasteiger partial charge in [-0.05, 0) is 39.0 Å². The summed E-state index contributed by atoms with van der Waals surface area (Å²) in [7, 11) is 0. The van der Waals surface area contributed by atoms with Crippen LogP contribution in [0.25, 0.3) is 0 Å². The average molecular weight is 255 g/mol. The molecule has 1 aliphatic heterocycles. The molecule has 0 bridgehead atoms. The van der Waals surface area contributed by atoms with Gasteiger partial charge in [-0.15, -0.1) is 0 Å². The number of nitrogens with one attached hydrogen (secondary N) is 1. The number of carbonyl (C=O) groups excluding carboxylic acids is 1. The Bertz CT molecular complexity index is 336. The smallest absolute Gasteiger partial charge is 0.306 e. The number of rotatable bonds is 3. The van der Waals surface area contributed by atoms with Crippen molar-refractivity contribution >= 4 is 11.9 Å². The number of ether oxygens (including phenoxy) is 1. The van der Waals surface area contributed by atoms with E-state index in [-0.39, 0.29) is 23.3 Å². The van der Waals surface area contributed by atoms with Gasteiger partial charge in [-0.3, -0.25) is 9.59 Å². The molecule has 1 heterocycles. The van der Waals surface area contributed by atoms with Crippen molar-refractivity contribution in [2.45, 2.75) is 44.6 Å². The third kappa shape index (κ3) is 3.02. The largest absolute Gasteiger partial charge is 0.481 e. The Morgan fingerprint density at radius 3 is 2.39 bits per heavy atom. The van der Waals surface area contributed by atoms with Gasteiger partial charge in [0.25, 0.3) is 0 Å². The molecular weight excluding hydrogens is 234 g/mol. The maximum absolute atomic E-state index is 12.1. The fourth-order valence-electron chi connectivity index (χ4n) is 2.79. The molecule has 0 aromatic rings. The highest BCUT2D eigenvalue weighted by molar-refractivity contribution is 5.81. The van der Waals surface area contributed by atoms with Crippen LogP contribution in [0, 0.1) is 11.8 Å². The van der Waals surface area contributed by atoms with E-state index >= 15 is 0 Å². The molecule has 18 heavy (non-hydrogen) atoms. The predicted molar refractivity (Wildman–Crippen MR) is 65.1 cm³/mol. The summed E-state index contributed by atoms with van der Waals surface area (Å²) in [5.41, 5.74) is -0.184. The van der Waals surface area contributed by atoms with Crippen LogP contribution in [0.5, 0.6) is 0 Å². The molecule has 2 N–H and O–H groups in total. The summed E-state index contributed by atoms with van der Waals surface area (Å²) < 4.78 is 5.29. The summed E-state index contributed by atoms with van der Waals surface area (Å²) in [6.45, 7) is 3.40. The van der Waals surface area contributed by atoms with Crippen molar-refractivity contribution in [3.8, 4) is 0 Å². The van der Waals surface area contributed by atoms with Crippen LogP contribution in [0.3, 0.4) is 0 Å². The molecule has 102 valence electrons. The number of hydrogen-bond donors (Lipinski definition) is 2. The van der Waals surface area contributed by atoms with Gasteiger partial charge in [0.05, 0.1) is 5.92 Å². The number of amides is 1. The SMILES string of the molecule is CC1(NC(=O)[C@@H]2CC[C@H](C(=O)O)C2)CCOCC1. The van der Waals surface area contributed by atoms with Crippen LogP contribution in [0.1, 0.15) is 39.0 Å². The van der Waals surface area contributed by atoms with Crippen LogP contribution >= 0.6 is 0 Å². The number of hydrogen-bond acceptors (Lipinski definition) is 3. The molecule has 1 saturated carbocycles. The van der Waals surface area contributed by atoms with Crippen molar-refractivity contribution in [3.63, 3.8) is 0 Å². The van der Waals surface area contributed by atoms with Crippen molar-refractivity contribution in [3.05, 3.63) is 0 Å². The van der Waals surface area contributed by atoms with Crippen LogP contribution < -0.4 is 5.32 Å². The molecule has 0 spiro atoms. The van der Waals surface area contributed by atoms with E-state index in [1.165, 1.54) is 0 Å². The van der Waals surface area contributed by atoms with Crippen molar-refractivity contribution < 1.29 is 19.4 Å². The lowest BCUT2D eigenvalue weighted by Gasteiger charge is -2.35. The van der Waals surface area contributed by atoms with E-state index in [0.717, 1.165) is 12.8 Å². The minimum Gasteiger partial charge on any atom is -0.481 e. The zero-order valence-electron chi connectivity index (χ0n) is 10.8. The second-order valence-corrected chi connectivity index (χ2v) is 5.71. The summed E-state index contributed by atoms with van der Waals surface area (Å²) in [6, 6.07) is 0. The molecule has 0 unspecified atom stereocenters. The van der Waals surface area contributed by atoms with Crippen LogP contribution in [-0.4, -0.2) is 35.7 Å². The molecule has 2 aliphatic rings. The van der Waals surface area contributed by atoms with E-state index < -0.39 is 5.97 Å². The molecule has 0 aromatic carbocycles. The van der Waals surface area contributed by atoms with E-state index in [4.69, 9.17) is 9.84 Å². The minimum atomic E-state index is -0.775. The zero-order chi connectivity index (χ0) is 13.2. The van der Waals surface area contributed by atoms with Gasteiger partial charge < -0.3 is 15.2 Å². The number of carboxylic acid groups (broad SMARTS) is 1. The van der Waals surface area contributed by atoms with E-state index in [9.17, 15) is 9.59 Å². The Kier molecular flexibility index (Phi) is 3.90. The van der Waals surface area contributed by atoms with E-state index in [1.807, 2.05) is 6.92 Å². The Morgan fingerprint density at radius 1 is 1.22 bits per heavy atom. The lowest BCUT2D eigenvalue weighted by atomic mass is 9.91. The van der Waals surface area contributed by atoms with Crippen molar-refractivity contribution in [1.82, 2.24) is 5.32 Å². The highest BCUT2D eigenvalue weighted by Gasteiger charge is 2.37. The van der Waals surface area contributed by atoms with Crippen LogP contribution in [0.4, 0.5) is 0 Å². The standard InChI is InChI=1S/C13H21NO4/c1-13(4-6-18-7-5-13)14-11(15)9-2-3-10(8-9)12(16)17/h9-10H,2-8H2,1H3,(H,14,15)(H,16,17)/t9-,10+/m1/s1. The van der Waals surface area contributed by atoms with Crippen molar-refractivity contribution in [2.24, 2.45) is 11.8 Å². The Balaban J connectivity index is 1.87. The Morgan fingerprint density at radius 2 is 1.83 bits per heavy atom. The van der Waals surface area contributed by atoms with E-state index in [1.54, 1.807) is 0 Å². The van der Waals surface area contributed by atoms with Gasteiger partial charge in [0.1, 0.15) is 0 Å². The first kappa shape index (κ1) is 13.3. The summed E-state index contributed by atoms with van der Waals surface area (Å²) in [4.78, 5) is 23.0. The summed E-state index contributed by atoms with van der Waals surface area (Å²) in [5.74, 6) is -1.24.